The smallest absolute Gasteiger partial charge is 0.339 e. The van der Waals surface area contributed by atoms with Crippen molar-refractivity contribution in [2.75, 3.05) is 20.3 Å². The number of rotatable bonds is 9. The molecule has 0 aliphatic rings. The number of carbonyl (C=O) groups excluding carboxylic acids is 1. The van der Waals surface area contributed by atoms with Crippen LogP contribution in [0, 0.1) is 12.7 Å². The third-order valence-corrected chi connectivity index (χ3v) is 6.07. The highest BCUT2D eigenvalue weighted by molar-refractivity contribution is 7.87. The first kappa shape index (κ1) is 23.4. The maximum Gasteiger partial charge on any atom is 0.339 e. The molecular formula is C24H24FNO5S. The fourth-order valence-electron chi connectivity index (χ4n) is 3.13. The van der Waals surface area contributed by atoms with Crippen molar-refractivity contribution in [3.8, 4) is 5.75 Å². The Hall–Kier alpha value is -3.23. The SMILES string of the molecule is COCCN(Cc1cccc(OS(=O)(=O)c2ccc(F)cc2)c1)C(=O)c1ccccc1C. The largest absolute Gasteiger partial charge is 0.383 e. The van der Waals surface area contributed by atoms with Gasteiger partial charge in [-0.05, 0) is 60.5 Å². The highest BCUT2D eigenvalue weighted by atomic mass is 32.2. The lowest BCUT2D eigenvalue weighted by Crippen LogP contribution is -2.33. The van der Waals surface area contributed by atoms with Crippen LogP contribution in [0.2, 0.25) is 0 Å². The first-order chi connectivity index (χ1) is 15.3. The van der Waals surface area contributed by atoms with E-state index in [1.807, 2.05) is 25.1 Å². The summed E-state index contributed by atoms with van der Waals surface area (Å²) in [4.78, 5) is 14.6. The highest BCUT2D eigenvalue weighted by Crippen LogP contribution is 2.22. The molecule has 0 atom stereocenters. The Bertz CT molecular complexity index is 1180. The number of methoxy groups -OCH3 is 1. The van der Waals surface area contributed by atoms with Crippen LogP contribution >= 0.6 is 0 Å². The quantitative estimate of drug-likeness (QED) is 0.451. The molecule has 168 valence electrons. The Morgan fingerprint density at radius 3 is 2.41 bits per heavy atom. The van der Waals surface area contributed by atoms with Gasteiger partial charge in [0.05, 0.1) is 6.61 Å². The lowest BCUT2D eigenvalue weighted by molar-refractivity contribution is 0.0679. The van der Waals surface area contributed by atoms with Crippen LogP contribution in [0.4, 0.5) is 4.39 Å². The lowest BCUT2D eigenvalue weighted by atomic mass is 10.1. The molecule has 0 spiro atoms. The standard InChI is InChI=1S/C24H24FNO5S/c1-18-6-3-4-9-23(18)24(27)26(14-15-30-2)17-19-7-5-8-21(16-19)31-32(28,29)22-12-10-20(25)11-13-22/h3-13,16H,14-15,17H2,1-2H3. The summed E-state index contributed by atoms with van der Waals surface area (Å²) in [5.41, 5.74) is 2.15. The summed E-state index contributed by atoms with van der Waals surface area (Å²) >= 11 is 0. The molecule has 6 nitrogen and oxygen atoms in total. The van der Waals surface area contributed by atoms with Crippen molar-refractivity contribution in [3.05, 3.63) is 95.3 Å². The fraction of sp³-hybridized carbons (Fsp3) is 0.208. The lowest BCUT2D eigenvalue weighted by Gasteiger charge is -2.23. The third-order valence-electron chi connectivity index (χ3n) is 4.81. The van der Waals surface area contributed by atoms with Gasteiger partial charge < -0.3 is 13.8 Å². The van der Waals surface area contributed by atoms with Crippen molar-refractivity contribution >= 4 is 16.0 Å². The summed E-state index contributed by atoms with van der Waals surface area (Å²) in [6.07, 6.45) is 0. The number of benzene rings is 3. The van der Waals surface area contributed by atoms with Gasteiger partial charge in [0, 0.05) is 25.8 Å². The van der Waals surface area contributed by atoms with Crippen molar-refractivity contribution in [1.82, 2.24) is 4.90 Å². The number of hydrogen-bond acceptors (Lipinski definition) is 5. The Morgan fingerprint density at radius 1 is 1.00 bits per heavy atom. The minimum atomic E-state index is -4.12. The predicted molar refractivity (Wildman–Crippen MR) is 118 cm³/mol. The van der Waals surface area contributed by atoms with E-state index in [1.165, 1.54) is 6.07 Å². The Labute approximate surface area is 187 Å². The van der Waals surface area contributed by atoms with E-state index in [-0.39, 0.29) is 23.1 Å². The molecule has 0 radical (unpaired) electrons. The van der Waals surface area contributed by atoms with Crippen molar-refractivity contribution in [1.29, 1.82) is 0 Å². The zero-order valence-electron chi connectivity index (χ0n) is 17.8. The maximum atomic E-state index is 13.1. The molecule has 32 heavy (non-hydrogen) atoms. The summed E-state index contributed by atoms with van der Waals surface area (Å²) in [5, 5.41) is 0. The van der Waals surface area contributed by atoms with Gasteiger partial charge >= 0.3 is 10.1 Å². The summed E-state index contributed by atoms with van der Waals surface area (Å²) in [7, 11) is -2.56. The normalized spacial score (nSPS) is 11.2. The molecule has 0 aromatic heterocycles. The molecule has 0 bridgehead atoms. The molecule has 0 saturated carbocycles. The highest BCUT2D eigenvalue weighted by Gasteiger charge is 2.20. The summed E-state index contributed by atoms with van der Waals surface area (Å²) in [6.45, 7) is 2.83. The first-order valence-electron chi connectivity index (χ1n) is 9.93. The number of carbonyl (C=O) groups is 1. The van der Waals surface area contributed by atoms with E-state index in [1.54, 1.807) is 36.3 Å². The molecule has 3 rings (SSSR count). The van der Waals surface area contributed by atoms with E-state index in [2.05, 4.69) is 0 Å². The van der Waals surface area contributed by atoms with Crippen molar-refractivity contribution < 1.29 is 26.5 Å². The van der Waals surface area contributed by atoms with E-state index < -0.39 is 15.9 Å². The van der Waals surface area contributed by atoms with Crippen LogP contribution in [-0.2, 0) is 21.4 Å². The summed E-state index contributed by atoms with van der Waals surface area (Å²) < 4.78 is 48.5. The van der Waals surface area contributed by atoms with Crippen LogP contribution in [0.3, 0.4) is 0 Å². The van der Waals surface area contributed by atoms with E-state index in [4.69, 9.17) is 8.92 Å². The molecule has 1 amide bonds. The second-order valence-electron chi connectivity index (χ2n) is 7.17. The van der Waals surface area contributed by atoms with Crippen LogP contribution in [0.1, 0.15) is 21.5 Å². The maximum absolute atomic E-state index is 13.1. The monoisotopic (exact) mass is 457 g/mol. The van der Waals surface area contributed by atoms with Gasteiger partial charge in [-0.3, -0.25) is 4.79 Å². The van der Waals surface area contributed by atoms with Gasteiger partial charge in [0.2, 0.25) is 0 Å². The third kappa shape index (κ3) is 5.93. The van der Waals surface area contributed by atoms with Crippen LogP contribution in [-0.4, -0.2) is 39.5 Å². The second-order valence-corrected chi connectivity index (χ2v) is 8.72. The molecule has 0 fully saturated rings. The average molecular weight is 458 g/mol. The summed E-state index contributed by atoms with van der Waals surface area (Å²) in [6, 6.07) is 18.2. The zero-order chi connectivity index (χ0) is 23.1. The van der Waals surface area contributed by atoms with Crippen LogP contribution < -0.4 is 4.18 Å². The van der Waals surface area contributed by atoms with Gasteiger partial charge in [-0.2, -0.15) is 8.42 Å². The topological polar surface area (TPSA) is 72.9 Å². The van der Waals surface area contributed by atoms with Crippen molar-refractivity contribution in [3.63, 3.8) is 0 Å². The van der Waals surface area contributed by atoms with Gasteiger partial charge in [-0.1, -0.05) is 30.3 Å². The molecule has 0 aliphatic heterocycles. The number of amides is 1. The summed E-state index contributed by atoms with van der Waals surface area (Å²) in [5.74, 6) is -0.590. The number of nitrogens with zero attached hydrogens (tertiary/aromatic N) is 1. The number of ether oxygens (including phenoxy) is 1. The fourth-order valence-corrected chi connectivity index (χ4v) is 4.05. The minimum Gasteiger partial charge on any atom is -0.383 e. The Morgan fingerprint density at radius 2 is 1.72 bits per heavy atom. The van der Waals surface area contributed by atoms with E-state index >= 15 is 0 Å². The van der Waals surface area contributed by atoms with E-state index in [9.17, 15) is 17.6 Å². The van der Waals surface area contributed by atoms with Gasteiger partial charge in [0.1, 0.15) is 16.5 Å². The average Bonchev–Trinajstić information content (AvgIpc) is 2.77. The first-order valence-corrected chi connectivity index (χ1v) is 11.3. The van der Waals surface area contributed by atoms with Crippen molar-refractivity contribution in [2.24, 2.45) is 0 Å². The molecule has 0 heterocycles. The zero-order valence-corrected chi connectivity index (χ0v) is 18.6. The molecule has 0 unspecified atom stereocenters. The molecule has 0 N–H and O–H groups in total. The number of halogens is 1. The van der Waals surface area contributed by atoms with Gasteiger partial charge in [0.25, 0.3) is 5.91 Å². The second kappa shape index (κ2) is 10.4. The van der Waals surface area contributed by atoms with Gasteiger partial charge in [0.15, 0.2) is 0 Å². The van der Waals surface area contributed by atoms with Crippen molar-refractivity contribution in [2.45, 2.75) is 18.4 Å². The van der Waals surface area contributed by atoms with Crippen LogP contribution in [0.15, 0.2) is 77.7 Å². The predicted octanol–water partition coefficient (Wildman–Crippen LogP) is 4.19. The van der Waals surface area contributed by atoms with Gasteiger partial charge in [-0.15, -0.1) is 0 Å². The van der Waals surface area contributed by atoms with Gasteiger partial charge in [-0.25, -0.2) is 4.39 Å². The van der Waals surface area contributed by atoms with E-state index in [0.717, 1.165) is 29.8 Å². The number of hydrogen-bond donors (Lipinski definition) is 0. The van der Waals surface area contributed by atoms with Crippen LogP contribution in [0.25, 0.3) is 0 Å². The molecule has 3 aromatic carbocycles. The number of aryl methyl sites for hydroxylation is 1. The van der Waals surface area contributed by atoms with Crippen LogP contribution in [0.5, 0.6) is 5.75 Å². The molecule has 0 saturated heterocycles. The Balaban J connectivity index is 1.81. The Kier molecular flexibility index (Phi) is 7.61. The molecular weight excluding hydrogens is 433 g/mol. The van der Waals surface area contributed by atoms with E-state index in [0.29, 0.717) is 24.3 Å². The molecule has 0 aliphatic carbocycles. The molecule has 8 heteroatoms. The minimum absolute atomic E-state index is 0.0989. The molecule has 3 aromatic rings.